The van der Waals surface area contributed by atoms with Gasteiger partial charge in [0.25, 0.3) is 5.91 Å². The molecule has 2 saturated heterocycles. The second-order valence-electron chi connectivity index (χ2n) is 7.28. The standard InChI is InChI=1S/C19H25N5O/c1-14-7-9-15(10-8-14)24-13-16(20-21-24)19(25)23-12-4-6-18(23)17-5-3-11-22(17)2/h7-10,13,17-18H,3-6,11-12H2,1-2H3/t17-,18-/m0/s1. The lowest BCUT2D eigenvalue weighted by Gasteiger charge is -2.32. The molecule has 0 aliphatic carbocycles. The number of hydrogen-bond donors (Lipinski definition) is 0. The molecule has 0 spiro atoms. The van der Waals surface area contributed by atoms with Crippen molar-refractivity contribution in [1.29, 1.82) is 0 Å². The van der Waals surface area contributed by atoms with Gasteiger partial charge in [0.05, 0.1) is 11.9 Å². The van der Waals surface area contributed by atoms with E-state index in [1.54, 1.807) is 10.9 Å². The van der Waals surface area contributed by atoms with Gasteiger partial charge in [-0.05, 0) is 58.3 Å². The molecule has 6 nitrogen and oxygen atoms in total. The SMILES string of the molecule is Cc1ccc(-n2cc(C(=O)N3CCC[C@H]3[C@@H]3CCCN3C)nn2)cc1. The fraction of sp³-hybridized carbons (Fsp3) is 0.526. The average Bonchev–Trinajstić information content (AvgIpc) is 3.35. The van der Waals surface area contributed by atoms with Crippen LogP contribution in [0.1, 0.15) is 41.7 Å². The van der Waals surface area contributed by atoms with Crippen LogP contribution < -0.4 is 0 Å². The summed E-state index contributed by atoms with van der Waals surface area (Å²) in [5, 5.41) is 8.30. The molecule has 4 rings (SSSR count). The lowest BCUT2D eigenvalue weighted by atomic mass is 10.0. The molecule has 1 aromatic carbocycles. The van der Waals surface area contributed by atoms with Gasteiger partial charge in [0.15, 0.2) is 5.69 Å². The van der Waals surface area contributed by atoms with E-state index >= 15 is 0 Å². The van der Waals surface area contributed by atoms with Gasteiger partial charge in [-0.3, -0.25) is 4.79 Å². The first kappa shape index (κ1) is 16.3. The fourth-order valence-corrected chi connectivity index (χ4v) is 4.20. The van der Waals surface area contributed by atoms with Gasteiger partial charge in [0.1, 0.15) is 0 Å². The van der Waals surface area contributed by atoms with Crippen LogP contribution in [0.15, 0.2) is 30.5 Å². The van der Waals surface area contributed by atoms with E-state index in [4.69, 9.17) is 0 Å². The third-order valence-electron chi connectivity index (χ3n) is 5.59. The zero-order valence-corrected chi connectivity index (χ0v) is 14.9. The number of aromatic nitrogens is 3. The van der Waals surface area contributed by atoms with Crippen LogP contribution in [0.2, 0.25) is 0 Å². The lowest BCUT2D eigenvalue weighted by Crippen LogP contribution is -2.47. The number of benzene rings is 1. The van der Waals surface area contributed by atoms with Crippen LogP contribution in [0.3, 0.4) is 0 Å². The maximum Gasteiger partial charge on any atom is 0.276 e. The van der Waals surface area contributed by atoms with Crippen molar-refractivity contribution in [3.63, 3.8) is 0 Å². The molecule has 1 amide bonds. The largest absolute Gasteiger partial charge is 0.333 e. The Labute approximate surface area is 148 Å². The van der Waals surface area contributed by atoms with Crippen molar-refractivity contribution >= 4 is 5.91 Å². The van der Waals surface area contributed by atoms with Crippen molar-refractivity contribution < 1.29 is 4.79 Å². The highest BCUT2D eigenvalue weighted by Gasteiger charge is 2.39. The summed E-state index contributed by atoms with van der Waals surface area (Å²) >= 11 is 0. The molecule has 2 aliphatic rings. The number of likely N-dealkylation sites (tertiary alicyclic amines) is 2. The minimum absolute atomic E-state index is 0.0150. The van der Waals surface area contributed by atoms with Crippen molar-refractivity contribution in [3.05, 3.63) is 41.7 Å². The number of hydrogen-bond acceptors (Lipinski definition) is 4. The van der Waals surface area contributed by atoms with Crippen molar-refractivity contribution in [2.75, 3.05) is 20.1 Å². The summed E-state index contributed by atoms with van der Waals surface area (Å²) in [7, 11) is 2.17. The Morgan fingerprint density at radius 1 is 1.08 bits per heavy atom. The van der Waals surface area contributed by atoms with E-state index in [0.717, 1.165) is 31.6 Å². The Bertz CT molecular complexity index is 753. The number of nitrogens with zero attached hydrogens (tertiary/aromatic N) is 5. The van der Waals surface area contributed by atoms with Gasteiger partial charge < -0.3 is 9.80 Å². The molecule has 0 saturated carbocycles. The second kappa shape index (κ2) is 6.59. The molecule has 0 N–H and O–H groups in total. The van der Waals surface area contributed by atoms with E-state index in [1.165, 1.54) is 18.4 Å². The van der Waals surface area contributed by atoms with E-state index < -0.39 is 0 Å². The number of likely N-dealkylation sites (N-methyl/N-ethyl adjacent to an activating group) is 1. The molecule has 0 radical (unpaired) electrons. The number of carbonyl (C=O) groups is 1. The van der Waals surface area contributed by atoms with E-state index in [9.17, 15) is 4.79 Å². The molecule has 2 atom stereocenters. The minimum atomic E-state index is 0.0150. The highest BCUT2D eigenvalue weighted by atomic mass is 16.2. The molecule has 0 bridgehead atoms. The van der Waals surface area contributed by atoms with Crippen molar-refractivity contribution in [3.8, 4) is 5.69 Å². The predicted octanol–water partition coefficient (Wildman–Crippen LogP) is 2.27. The Morgan fingerprint density at radius 3 is 2.52 bits per heavy atom. The third-order valence-corrected chi connectivity index (χ3v) is 5.59. The number of carbonyl (C=O) groups excluding carboxylic acids is 1. The Hall–Kier alpha value is -2.21. The van der Waals surface area contributed by atoms with Crippen molar-refractivity contribution in [1.82, 2.24) is 24.8 Å². The Kier molecular flexibility index (Phi) is 4.29. The zero-order chi connectivity index (χ0) is 17.4. The van der Waals surface area contributed by atoms with Gasteiger partial charge >= 0.3 is 0 Å². The van der Waals surface area contributed by atoms with E-state index in [-0.39, 0.29) is 5.91 Å². The highest BCUT2D eigenvalue weighted by Crippen LogP contribution is 2.29. The van der Waals surface area contributed by atoms with Crippen LogP contribution in [-0.4, -0.2) is 62.9 Å². The van der Waals surface area contributed by atoms with Crippen LogP contribution in [0.5, 0.6) is 0 Å². The van der Waals surface area contributed by atoms with E-state index in [0.29, 0.717) is 17.8 Å². The van der Waals surface area contributed by atoms with Crippen LogP contribution in [0, 0.1) is 6.92 Å². The van der Waals surface area contributed by atoms with E-state index in [1.807, 2.05) is 36.1 Å². The Balaban J connectivity index is 1.53. The topological polar surface area (TPSA) is 54.3 Å². The summed E-state index contributed by atoms with van der Waals surface area (Å²) < 4.78 is 1.68. The molecule has 0 unspecified atom stereocenters. The van der Waals surface area contributed by atoms with Gasteiger partial charge in [0, 0.05) is 18.6 Å². The smallest absolute Gasteiger partial charge is 0.276 e. The first-order chi connectivity index (χ1) is 12.1. The molecule has 3 heterocycles. The summed E-state index contributed by atoms with van der Waals surface area (Å²) in [5.41, 5.74) is 2.56. The van der Waals surface area contributed by atoms with Gasteiger partial charge in [-0.15, -0.1) is 5.10 Å². The molecule has 2 aliphatic heterocycles. The first-order valence-corrected chi connectivity index (χ1v) is 9.14. The average molecular weight is 339 g/mol. The van der Waals surface area contributed by atoms with E-state index in [2.05, 4.69) is 22.3 Å². The Morgan fingerprint density at radius 2 is 1.80 bits per heavy atom. The lowest BCUT2D eigenvalue weighted by molar-refractivity contribution is 0.0658. The monoisotopic (exact) mass is 339 g/mol. The molecule has 1 aromatic heterocycles. The van der Waals surface area contributed by atoms with Crippen molar-refractivity contribution in [2.45, 2.75) is 44.7 Å². The van der Waals surface area contributed by atoms with Gasteiger partial charge in [-0.2, -0.15) is 0 Å². The van der Waals surface area contributed by atoms with Gasteiger partial charge in [-0.1, -0.05) is 22.9 Å². The van der Waals surface area contributed by atoms with Crippen LogP contribution in [0.25, 0.3) is 5.69 Å². The zero-order valence-electron chi connectivity index (χ0n) is 14.9. The summed E-state index contributed by atoms with van der Waals surface area (Å²) in [6, 6.07) is 8.84. The minimum Gasteiger partial charge on any atom is -0.333 e. The summed E-state index contributed by atoms with van der Waals surface area (Å²) in [6.45, 7) is 4.01. The predicted molar refractivity (Wildman–Crippen MR) is 95.8 cm³/mol. The van der Waals surface area contributed by atoms with Gasteiger partial charge in [-0.25, -0.2) is 4.68 Å². The van der Waals surface area contributed by atoms with Crippen LogP contribution in [-0.2, 0) is 0 Å². The number of amides is 1. The number of rotatable bonds is 3. The maximum atomic E-state index is 13.0. The third kappa shape index (κ3) is 3.06. The first-order valence-electron chi connectivity index (χ1n) is 9.14. The normalized spacial score (nSPS) is 24.2. The molecular formula is C19H25N5O. The quantitative estimate of drug-likeness (QED) is 0.861. The summed E-state index contributed by atoms with van der Waals surface area (Å²) in [5.74, 6) is 0.0150. The molecule has 2 fully saturated rings. The molecule has 132 valence electrons. The molecule has 2 aromatic rings. The van der Waals surface area contributed by atoms with Crippen LogP contribution in [0.4, 0.5) is 0 Å². The summed E-state index contributed by atoms with van der Waals surface area (Å²) in [4.78, 5) is 17.4. The molecule has 6 heteroatoms. The molecular weight excluding hydrogens is 314 g/mol. The van der Waals surface area contributed by atoms with Crippen molar-refractivity contribution in [2.24, 2.45) is 0 Å². The van der Waals surface area contributed by atoms with Gasteiger partial charge in [0.2, 0.25) is 0 Å². The maximum absolute atomic E-state index is 13.0. The highest BCUT2D eigenvalue weighted by molar-refractivity contribution is 5.92. The molecule has 25 heavy (non-hydrogen) atoms. The van der Waals surface area contributed by atoms with Crippen LogP contribution >= 0.6 is 0 Å². The second-order valence-corrected chi connectivity index (χ2v) is 7.28. The summed E-state index contributed by atoms with van der Waals surface area (Å²) in [6.07, 6.45) is 6.32. The number of aryl methyl sites for hydroxylation is 1. The fourth-order valence-electron chi connectivity index (χ4n) is 4.20.